The summed E-state index contributed by atoms with van der Waals surface area (Å²) in [6, 6.07) is 7.24. The van der Waals surface area contributed by atoms with Crippen LogP contribution in [0.15, 0.2) is 41.1 Å². The minimum Gasteiger partial charge on any atom is -0.479 e. The predicted molar refractivity (Wildman–Crippen MR) is 77.6 cm³/mol. The van der Waals surface area contributed by atoms with Gasteiger partial charge in [0.15, 0.2) is 6.10 Å². The van der Waals surface area contributed by atoms with Gasteiger partial charge in [-0.2, -0.15) is 0 Å². The standard InChI is InChI=1S/C15H19N3O3/c1-11(15(19)18-9-13-4-3-7-20-13)21-14-6-5-12(8-16-2)17-10-14/h3-7,10-11,16H,8-9H2,1-2H3,(H,18,19). The Balaban J connectivity index is 1.82. The number of ether oxygens (including phenoxy) is 1. The van der Waals surface area contributed by atoms with Gasteiger partial charge in [-0.05, 0) is 38.2 Å². The van der Waals surface area contributed by atoms with E-state index in [4.69, 9.17) is 9.15 Å². The van der Waals surface area contributed by atoms with E-state index in [0.717, 1.165) is 5.69 Å². The summed E-state index contributed by atoms with van der Waals surface area (Å²) in [6.07, 6.45) is 2.58. The highest BCUT2D eigenvalue weighted by Crippen LogP contribution is 2.11. The molecule has 1 amide bonds. The first-order chi connectivity index (χ1) is 10.2. The van der Waals surface area contributed by atoms with Crippen molar-refractivity contribution >= 4 is 5.91 Å². The summed E-state index contributed by atoms with van der Waals surface area (Å²) in [5.41, 5.74) is 0.916. The van der Waals surface area contributed by atoms with Gasteiger partial charge in [0, 0.05) is 6.54 Å². The van der Waals surface area contributed by atoms with Gasteiger partial charge in [0.05, 0.1) is 24.7 Å². The van der Waals surface area contributed by atoms with Gasteiger partial charge in [-0.1, -0.05) is 0 Å². The molecule has 0 saturated carbocycles. The van der Waals surface area contributed by atoms with Crippen LogP contribution in [0.4, 0.5) is 0 Å². The Kier molecular flexibility index (Phi) is 5.34. The normalized spacial score (nSPS) is 11.9. The van der Waals surface area contributed by atoms with Gasteiger partial charge < -0.3 is 19.8 Å². The van der Waals surface area contributed by atoms with E-state index >= 15 is 0 Å². The maximum atomic E-state index is 11.9. The van der Waals surface area contributed by atoms with E-state index in [9.17, 15) is 4.79 Å². The summed E-state index contributed by atoms with van der Waals surface area (Å²) in [6.45, 7) is 2.73. The Hall–Kier alpha value is -2.34. The first kappa shape index (κ1) is 15.1. The third-order valence-electron chi connectivity index (χ3n) is 2.85. The second-order valence-corrected chi connectivity index (χ2v) is 4.57. The van der Waals surface area contributed by atoms with Crippen molar-refractivity contribution in [3.05, 3.63) is 48.2 Å². The van der Waals surface area contributed by atoms with E-state index in [-0.39, 0.29) is 5.91 Å². The van der Waals surface area contributed by atoms with Crippen LogP contribution in [0, 0.1) is 0 Å². The van der Waals surface area contributed by atoms with Gasteiger partial charge in [0.25, 0.3) is 5.91 Å². The number of amides is 1. The lowest BCUT2D eigenvalue weighted by molar-refractivity contribution is -0.127. The summed E-state index contributed by atoms with van der Waals surface area (Å²) < 4.78 is 10.7. The third-order valence-corrected chi connectivity index (χ3v) is 2.85. The summed E-state index contributed by atoms with van der Waals surface area (Å²) >= 11 is 0. The topological polar surface area (TPSA) is 76.4 Å². The molecule has 2 heterocycles. The van der Waals surface area contributed by atoms with Crippen molar-refractivity contribution < 1.29 is 13.9 Å². The third kappa shape index (κ3) is 4.61. The number of carbonyl (C=O) groups is 1. The minimum absolute atomic E-state index is 0.203. The number of nitrogens with one attached hydrogen (secondary N) is 2. The van der Waals surface area contributed by atoms with E-state index in [0.29, 0.717) is 24.6 Å². The minimum atomic E-state index is -0.600. The Morgan fingerprint density at radius 3 is 2.86 bits per heavy atom. The molecule has 6 heteroatoms. The van der Waals surface area contributed by atoms with Crippen molar-refractivity contribution in [2.45, 2.75) is 26.1 Å². The molecular formula is C15H19N3O3. The molecule has 1 unspecified atom stereocenters. The number of pyridine rings is 1. The molecule has 6 nitrogen and oxygen atoms in total. The molecule has 1 atom stereocenters. The maximum absolute atomic E-state index is 11.9. The van der Waals surface area contributed by atoms with Gasteiger partial charge in [0.2, 0.25) is 0 Å². The van der Waals surface area contributed by atoms with Crippen LogP contribution in [-0.2, 0) is 17.9 Å². The number of carbonyl (C=O) groups excluding carboxylic acids is 1. The molecule has 0 radical (unpaired) electrons. The lowest BCUT2D eigenvalue weighted by Crippen LogP contribution is -2.35. The molecule has 0 spiro atoms. The molecule has 0 aromatic carbocycles. The van der Waals surface area contributed by atoms with Crippen LogP contribution in [0.5, 0.6) is 5.75 Å². The van der Waals surface area contributed by atoms with Crippen molar-refractivity contribution in [2.75, 3.05) is 7.05 Å². The highest BCUT2D eigenvalue weighted by molar-refractivity contribution is 5.80. The quantitative estimate of drug-likeness (QED) is 0.807. The monoisotopic (exact) mass is 289 g/mol. The Bertz CT molecular complexity index is 552. The van der Waals surface area contributed by atoms with Crippen molar-refractivity contribution in [3.63, 3.8) is 0 Å². The van der Waals surface area contributed by atoms with Crippen LogP contribution >= 0.6 is 0 Å². The lowest BCUT2D eigenvalue weighted by Gasteiger charge is -2.14. The predicted octanol–water partition coefficient (Wildman–Crippen LogP) is 1.48. The largest absolute Gasteiger partial charge is 0.479 e. The Morgan fingerprint density at radius 2 is 2.24 bits per heavy atom. The summed E-state index contributed by atoms with van der Waals surface area (Å²) in [5.74, 6) is 1.06. The van der Waals surface area contributed by atoms with E-state index in [1.807, 2.05) is 13.1 Å². The number of rotatable bonds is 7. The van der Waals surface area contributed by atoms with E-state index in [1.54, 1.807) is 37.6 Å². The SMILES string of the molecule is CNCc1ccc(OC(C)C(=O)NCc2ccco2)cn1. The highest BCUT2D eigenvalue weighted by Gasteiger charge is 2.14. The second-order valence-electron chi connectivity index (χ2n) is 4.57. The number of nitrogens with zero attached hydrogens (tertiary/aromatic N) is 1. The van der Waals surface area contributed by atoms with Crippen molar-refractivity contribution in [1.82, 2.24) is 15.6 Å². The second kappa shape index (κ2) is 7.44. The van der Waals surface area contributed by atoms with E-state index in [1.165, 1.54) is 0 Å². The molecule has 2 aromatic heterocycles. The molecular weight excluding hydrogens is 270 g/mol. The number of hydrogen-bond donors (Lipinski definition) is 2. The van der Waals surface area contributed by atoms with E-state index < -0.39 is 6.10 Å². The molecule has 0 aliphatic carbocycles. The van der Waals surface area contributed by atoms with E-state index in [2.05, 4.69) is 15.6 Å². The first-order valence-electron chi connectivity index (χ1n) is 6.75. The average molecular weight is 289 g/mol. The lowest BCUT2D eigenvalue weighted by atomic mass is 10.3. The van der Waals surface area contributed by atoms with Crippen molar-refractivity contribution in [3.8, 4) is 5.75 Å². The fourth-order valence-electron chi connectivity index (χ4n) is 1.76. The van der Waals surface area contributed by atoms with Crippen molar-refractivity contribution in [1.29, 1.82) is 0 Å². The smallest absolute Gasteiger partial charge is 0.261 e. The molecule has 0 bridgehead atoms. The Morgan fingerprint density at radius 1 is 1.38 bits per heavy atom. The summed E-state index contributed by atoms with van der Waals surface area (Å²) in [7, 11) is 1.86. The van der Waals surface area contributed by atoms with Crippen molar-refractivity contribution in [2.24, 2.45) is 0 Å². The Labute approximate surface area is 123 Å². The molecule has 0 fully saturated rings. The molecule has 0 aliphatic heterocycles. The summed E-state index contributed by atoms with van der Waals surface area (Å²) in [4.78, 5) is 16.1. The molecule has 2 rings (SSSR count). The number of aromatic nitrogens is 1. The summed E-state index contributed by atoms with van der Waals surface area (Å²) in [5, 5.41) is 5.76. The fourth-order valence-corrected chi connectivity index (χ4v) is 1.76. The average Bonchev–Trinajstić information content (AvgIpc) is 3.00. The van der Waals surface area contributed by atoms with Gasteiger partial charge in [-0.3, -0.25) is 9.78 Å². The zero-order chi connectivity index (χ0) is 15.1. The van der Waals surface area contributed by atoms with Crippen LogP contribution in [0.1, 0.15) is 18.4 Å². The van der Waals surface area contributed by atoms with Crippen LogP contribution in [0.3, 0.4) is 0 Å². The number of furan rings is 1. The highest BCUT2D eigenvalue weighted by atomic mass is 16.5. The van der Waals surface area contributed by atoms with Crippen LogP contribution in [0.2, 0.25) is 0 Å². The van der Waals surface area contributed by atoms with Crippen LogP contribution < -0.4 is 15.4 Å². The molecule has 2 aromatic rings. The molecule has 0 saturated heterocycles. The van der Waals surface area contributed by atoms with Gasteiger partial charge in [-0.25, -0.2) is 0 Å². The van der Waals surface area contributed by atoms with Crippen LogP contribution in [-0.4, -0.2) is 24.0 Å². The maximum Gasteiger partial charge on any atom is 0.261 e. The zero-order valence-electron chi connectivity index (χ0n) is 12.1. The number of hydrogen-bond acceptors (Lipinski definition) is 5. The molecule has 112 valence electrons. The zero-order valence-corrected chi connectivity index (χ0v) is 12.1. The van der Waals surface area contributed by atoms with Gasteiger partial charge >= 0.3 is 0 Å². The van der Waals surface area contributed by atoms with Crippen LogP contribution in [0.25, 0.3) is 0 Å². The fraction of sp³-hybridized carbons (Fsp3) is 0.333. The molecule has 2 N–H and O–H groups in total. The van der Waals surface area contributed by atoms with Gasteiger partial charge in [0.1, 0.15) is 11.5 Å². The first-order valence-corrected chi connectivity index (χ1v) is 6.75. The molecule has 21 heavy (non-hydrogen) atoms. The van der Waals surface area contributed by atoms with Gasteiger partial charge in [-0.15, -0.1) is 0 Å². The molecule has 0 aliphatic rings.